The summed E-state index contributed by atoms with van der Waals surface area (Å²) >= 11 is 0. The van der Waals surface area contributed by atoms with Gasteiger partial charge in [-0.2, -0.15) is 0 Å². The van der Waals surface area contributed by atoms with E-state index in [1.54, 1.807) is 6.92 Å². The number of rotatable bonds is 6. The highest BCUT2D eigenvalue weighted by atomic mass is 16.5. The molecule has 0 aromatic heterocycles. The van der Waals surface area contributed by atoms with Crippen LogP contribution < -0.4 is 10.1 Å². The zero-order chi connectivity index (χ0) is 14.4. The largest absolute Gasteiger partial charge is 0.504 e. The van der Waals surface area contributed by atoms with Crippen molar-refractivity contribution in [1.82, 2.24) is 5.32 Å². The number of nitrogens with one attached hydrogen (secondary N) is 1. The van der Waals surface area contributed by atoms with Crippen molar-refractivity contribution in [3.8, 4) is 11.5 Å². The summed E-state index contributed by atoms with van der Waals surface area (Å²) in [7, 11) is 1.41. The smallest absolute Gasteiger partial charge is 0.308 e. The SMILES string of the molecule is CCC(CNC(=O)c1ccc(OC)c(O)c1)C(=O)O. The zero-order valence-corrected chi connectivity index (χ0v) is 10.8. The number of carbonyl (C=O) groups is 2. The molecule has 1 rings (SSSR count). The Morgan fingerprint density at radius 2 is 2.11 bits per heavy atom. The molecule has 0 heterocycles. The van der Waals surface area contributed by atoms with Gasteiger partial charge in [-0.05, 0) is 24.6 Å². The normalized spacial score (nSPS) is 11.7. The first-order valence-corrected chi connectivity index (χ1v) is 5.87. The first kappa shape index (κ1) is 14.8. The molecule has 1 aromatic carbocycles. The Bertz CT molecular complexity index is 472. The molecule has 6 nitrogen and oxygen atoms in total. The summed E-state index contributed by atoms with van der Waals surface area (Å²) in [6.07, 6.45) is 0.434. The van der Waals surface area contributed by atoms with Crippen LogP contribution in [0.2, 0.25) is 0 Å². The first-order valence-electron chi connectivity index (χ1n) is 5.87. The van der Waals surface area contributed by atoms with Crippen LogP contribution in [0.5, 0.6) is 11.5 Å². The van der Waals surface area contributed by atoms with Gasteiger partial charge in [0.25, 0.3) is 5.91 Å². The fourth-order valence-corrected chi connectivity index (χ4v) is 1.56. The van der Waals surface area contributed by atoms with Gasteiger partial charge in [0.1, 0.15) is 0 Å². The Kier molecular flexibility index (Phi) is 5.17. The van der Waals surface area contributed by atoms with E-state index in [2.05, 4.69) is 5.32 Å². The fraction of sp³-hybridized carbons (Fsp3) is 0.385. The van der Waals surface area contributed by atoms with E-state index in [1.807, 2.05) is 0 Å². The lowest BCUT2D eigenvalue weighted by atomic mass is 10.1. The number of hydrogen-bond acceptors (Lipinski definition) is 4. The van der Waals surface area contributed by atoms with Gasteiger partial charge in [-0.1, -0.05) is 6.92 Å². The molecule has 0 spiro atoms. The molecular weight excluding hydrogens is 250 g/mol. The number of carbonyl (C=O) groups excluding carboxylic acids is 1. The number of benzene rings is 1. The predicted molar refractivity (Wildman–Crippen MR) is 68.4 cm³/mol. The number of phenols is 1. The molecule has 0 aliphatic rings. The minimum absolute atomic E-state index is 0.0530. The Balaban J connectivity index is 2.68. The van der Waals surface area contributed by atoms with Crippen LogP contribution >= 0.6 is 0 Å². The molecule has 1 amide bonds. The Labute approximate surface area is 111 Å². The lowest BCUT2D eigenvalue weighted by molar-refractivity contribution is -0.141. The molecule has 0 radical (unpaired) electrons. The van der Waals surface area contributed by atoms with Gasteiger partial charge in [0, 0.05) is 12.1 Å². The van der Waals surface area contributed by atoms with Crippen LogP contribution in [-0.2, 0) is 4.79 Å². The van der Waals surface area contributed by atoms with Crippen molar-refractivity contribution in [2.24, 2.45) is 5.92 Å². The number of carboxylic acids is 1. The van der Waals surface area contributed by atoms with E-state index in [1.165, 1.54) is 25.3 Å². The van der Waals surface area contributed by atoms with Crippen molar-refractivity contribution in [2.75, 3.05) is 13.7 Å². The molecule has 0 saturated heterocycles. The van der Waals surface area contributed by atoms with Crippen molar-refractivity contribution in [3.05, 3.63) is 23.8 Å². The van der Waals surface area contributed by atoms with Crippen molar-refractivity contribution in [1.29, 1.82) is 0 Å². The summed E-state index contributed by atoms with van der Waals surface area (Å²) in [6.45, 7) is 1.79. The molecule has 0 aliphatic heterocycles. The van der Waals surface area contributed by atoms with Crippen LogP contribution in [0.25, 0.3) is 0 Å². The number of amides is 1. The van der Waals surface area contributed by atoms with Crippen LogP contribution in [0.3, 0.4) is 0 Å². The number of methoxy groups -OCH3 is 1. The van der Waals surface area contributed by atoms with E-state index in [0.717, 1.165) is 0 Å². The minimum atomic E-state index is -0.944. The highest BCUT2D eigenvalue weighted by Gasteiger charge is 2.17. The molecule has 0 fully saturated rings. The van der Waals surface area contributed by atoms with E-state index in [-0.39, 0.29) is 23.6 Å². The van der Waals surface area contributed by atoms with Gasteiger partial charge in [-0.15, -0.1) is 0 Å². The van der Waals surface area contributed by atoms with E-state index in [0.29, 0.717) is 6.42 Å². The number of aliphatic carboxylic acids is 1. The lowest BCUT2D eigenvalue weighted by Crippen LogP contribution is -2.32. The Morgan fingerprint density at radius 3 is 2.58 bits per heavy atom. The third-order valence-corrected chi connectivity index (χ3v) is 2.79. The van der Waals surface area contributed by atoms with Gasteiger partial charge in [0.05, 0.1) is 13.0 Å². The molecule has 1 aromatic rings. The summed E-state index contributed by atoms with van der Waals surface area (Å²) in [5, 5.41) is 20.9. The minimum Gasteiger partial charge on any atom is -0.504 e. The summed E-state index contributed by atoms with van der Waals surface area (Å²) in [5.41, 5.74) is 0.249. The van der Waals surface area contributed by atoms with Crippen molar-refractivity contribution in [2.45, 2.75) is 13.3 Å². The summed E-state index contributed by atoms with van der Waals surface area (Å²) in [5.74, 6) is -1.86. The average molecular weight is 267 g/mol. The second kappa shape index (κ2) is 6.63. The Hall–Kier alpha value is -2.24. The van der Waals surface area contributed by atoms with E-state index < -0.39 is 17.8 Å². The van der Waals surface area contributed by atoms with Crippen LogP contribution in [0, 0.1) is 5.92 Å². The maximum atomic E-state index is 11.8. The van der Waals surface area contributed by atoms with Gasteiger partial charge in [-0.3, -0.25) is 9.59 Å². The zero-order valence-electron chi connectivity index (χ0n) is 10.8. The van der Waals surface area contributed by atoms with Crippen molar-refractivity contribution >= 4 is 11.9 Å². The summed E-state index contributed by atoms with van der Waals surface area (Å²) < 4.78 is 4.87. The molecule has 19 heavy (non-hydrogen) atoms. The van der Waals surface area contributed by atoms with E-state index in [4.69, 9.17) is 9.84 Å². The number of phenolic OH excluding ortho intramolecular Hbond substituents is 1. The maximum absolute atomic E-state index is 11.8. The van der Waals surface area contributed by atoms with E-state index >= 15 is 0 Å². The molecule has 1 atom stereocenters. The topological polar surface area (TPSA) is 95.9 Å². The first-order chi connectivity index (χ1) is 8.99. The number of ether oxygens (including phenoxy) is 1. The second-order valence-corrected chi connectivity index (χ2v) is 4.04. The quantitative estimate of drug-likeness (QED) is 0.720. The molecule has 0 aliphatic carbocycles. The molecule has 3 N–H and O–H groups in total. The van der Waals surface area contributed by atoms with Crippen LogP contribution in [-0.4, -0.2) is 35.7 Å². The third-order valence-electron chi connectivity index (χ3n) is 2.79. The van der Waals surface area contributed by atoms with Gasteiger partial charge < -0.3 is 20.3 Å². The number of hydrogen-bond donors (Lipinski definition) is 3. The number of carboxylic acid groups (broad SMARTS) is 1. The molecular formula is C13H17NO5. The van der Waals surface area contributed by atoms with Crippen LogP contribution in [0.1, 0.15) is 23.7 Å². The van der Waals surface area contributed by atoms with Crippen molar-refractivity contribution < 1.29 is 24.5 Å². The maximum Gasteiger partial charge on any atom is 0.308 e. The standard InChI is InChI=1S/C13H17NO5/c1-3-8(13(17)18)7-14-12(16)9-4-5-11(19-2)10(15)6-9/h4-6,8,15H,3,7H2,1-2H3,(H,14,16)(H,17,18). The van der Waals surface area contributed by atoms with Crippen LogP contribution in [0.15, 0.2) is 18.2 Å². The molecule has 0 bridgehead atoms. The van der Waals surface area contributed by atoms with Gasteiger partial charge >= 0.3 is 5.97 Å². The fourth-order valence-electron chi connectivity index (χ4n) is 1.56. The van der Waals surface area contributed by atoms with Crippen LogP contribution in [0.4, 0.5) is 0 Å². The third kappa shape index (κ3) is 3.87. The summed E-state index contributed by atoms with van der Waals surface area (Å²) in [6, 6.07) is 4.24. The van der Waals surface area contributed by atoms with Gasteiger partial charge in [-0.25, -0.2) is 0 Å². The highest BCUT2D eigenvalue weighted by molar-refractivity contribution is 5.95. The molecule has 6 heteroatoms. The summed E-state index contributed by atoms with van der Waals surface area (Å²) in [4.78, 5) is 22.6. The van der Waals surface area contributed by atoms with Gasteiger partial charge in [0.2, 0.25) is 0 Å². The monoisotopic (exact) mass is 267 g/mol. The number of aromatic hydroxyl groups is 1. The lowest BCUT2D eigenvalue weighted by Gasteiger charge is -2.11. The molecule has 1 unspecified atom stereocenters. The Morgan fingerprint density at radius 1 is 1.42 bits per heavy atom. The van der Waals surface area contributed by atoms with E-state index in [9.17, 15) is 14.7 Å². The predicted octanol–water partition coefficient (Wildman–Crippen LogP) is 1.24. The van der Waals surface area contributed by atoms with Crippen molar-refractivity contribution in [3.63, 3.8) is 0 Å². The second-order valence-electron chi connectivity index (χ2n) is 4.04. The van der Waals surface area contributed by atoms with Gasteiger partial charge in [0.15, 0.2) is 11.5 Å². The molecule has 104 valence electrons. The molecule has 0 saturated carbocycles. The highest BCUT2D eigenvalue weighted by Crippen LogP contribution is 2.26. The average Bonchev–Trinajstić information content (AvgIpc) is 2.38.